The molecule has 0 saturated heterocycles. The molecule has 0 bridgehead atoms. The molecule has 3 amide bonds. The summed E-state index contributed by atoms with van der Waals surface area (Å²) in [5, 5.41) is 2.26. The van der Waals surface area contributed by atoms with Gasteiger partial charge in [-0.15, -0.1) is 11.6 Å². The van der Waals surface area contributed by atoms with Crippen molar-refractivity contribution in [3.63, 3.8) is 0 Å². The zero-order valence-corrected chi connectivity index (χ0v) is 11.5. The molecule has 0 aromatic carbocycles. The van der Waals surface area contributed by atoms with Crippen LogP contribution in [0.3, 0.4) is 0 Å². The Balaban J connectivity index is 2.45. The molecule has 0 aliphatic heterocycles. The molecule has 1 saturated carbocycles. The first kappa shape index (κ1) is 14.3. The van der Waals surface area contributed by atoms with Gasteiger partial charge in [0.2, 0.25) is 5.91 Å². The molecule has 0 unspecified atom stereocenters. The Morgan fingerprint density at radius 3 is 2.35 bits per heavy atom. The molecule has 4 nitrogen and oxygen atoms in total. The molecule has 0 atom stereocenters. The molecule has 1 aliphatic carbocycles. The quantitative estimate of drug-likeness (QED) is 0.775. The zero-order chi connectivity index (χ0) is 13.1. The molecule has 17 heavy (non-hydrogen) atoms. The van der Waals surface area contributed by atoms with Crippen LogP contribution >= 0.6 is 11.6 Å². The van der Waals surface area contributed by atoms with Crippen molar-refractivity contribution in [3.8, 4) is 0 Å². The van der Waals surface area contributed by atoms with E-state index in [9.17, 15) is 9.59 Å². The summed E-state index contributed by atoms with van der Waals surface area (Å²) in [5.74, 6) is -0.628. The van der Waals surface area contributed by atoms with Gasteiger partial charge in [0.05, 0.1) is 0 Å². The van der Waals surface area contributed by atoms with Crippen LogP contribution in [-0.2, 0) is 4.79 Å². The van der Waals surface area contributed by atoms with Crippen LogP contribution in [0, 0.1) is 5.41 Å². The maximum absolute atomic E-state index is 11.7. The highest BCUT2D eigenvalue weighted by Crippen LogP contribution is 2.36. The van der Waals surface area contributed by atoms with E-state index in [1.54, 1.807) is 11.9 Å². The van der Waals surface area contributed by atoms with Crippen molar-refractivity contribution in [1.82, 2.24) is 10.2 Å². The number of hydrogen-bond acceptors (Lipinski definition) is 2. The van der Waals surface area contributed by atoms with Crippen LogP contribution in [-0.4, -0.2) is 35.8 Å². The fraction of sp³-hybridized carbons (Fsp3) is 0.833. The van der Waals surface area contributed by atoms with E-state index in [-0.39, 0.29) is 18.0 Å². The lowest BCUT2D eigenvalue weighted by Crippen LogP contribution is -2.47. The summed E-state index contributed by atoms with van der Waals surface area (Å²) in [5.41, 5.74) is 0.375. The molecule has 1 aliphatic rings. The number of carbonyl (C=O) groups excluding carboxylic acids is 2. The zero-order valence-electron chi connectivity index (χ0n) is 10.8. The van der Waals surface area contributed by atoms with Crippen molar-refractivity contribution in [3.05, 3.63) is 0 Å². The van der Waals surface area contributed by atoms with Gasteiger partial charge in [-0.2, -0.15) is 0 Å². The summed E-state index contributed by atoms with van der Waals surface area (Å²) >= 11 is 5.34. The smallest absolute Gasteiger partial charge is 0.324 e. The van der Waals surface area contributed by atoms with E-state index in [0.717, 1.165) is 25.7 Å². The molecular formula is C12H21ClN2O2. The van der Waals surface area contributed by atoms with E-state index >= 15 is 0 Å². The monoisotopic (exact) mass is 260 g/mol. The fourth-order valence-electron chi connectivity index (χ4n) is 2.18. The highest BCUT2D eigenvalue weighted by atomic mass is 35.5. The number of imide groups is 1. The van der Waals surface area contributed by atoms with Crippen molar-refractivity contribution in [2.75, 3.05) is 12.9 Å². The Morgan fingerprint density at radius 2 is 1.88 bits per heavy atom. The Morgan fingerprint density at radius 1 is 1.35 bits per heavy atom. The molecule has 0 aromatic heterocycles. The minimum Gasteiger partial charge on any atom is -0.325 e. The first-order chi connectivity index (χ1) is 7.85. The SMILES string of the molecule is CN(C(=O)NC(=O)CCl)C1CCC(C)(C)CC1. The fourth-order valence-corrected chi connectivity index (χ4v) is 2.24. The standard InChI is InChI=1S/C12H21ClN2O2/c1-12(2)6-4-9(5-7-12)15(3)11(17)14-10(16)8-13/h9H,4-8H2,1-3H3,(H,14,16,17). The largest absolute Gasteiger partial charge is 0.325 e. The van der Waals surface area contributed by atoms with Gasteiger partial charge in [0.25, 0.3) is 0 Å². The average Bonchev–Trinajstić information content (AvgIpc) is 2.27. The Kier molecular flexibility index (Phi) is 4.80. The summed E-state index contributed by atoms with van der Waals surface area (Å²) in [7, 11) is 1.74. The van der Waals surface area contributed by atoms with Gasteiger partial charge in [0.1, 0.15) is 5.88 Å². The van der Waals surface area contributed by atoms with Crippen molar-refractivity contribution in [2.45, 2.75) is 45.6 Å². The van der Waals surface area contributed by atoms with Gasteiger partial charge >= 0.3 is 6.03 Å². The van der Waals surface area contributed by atoms with Crippen LogP contribution in [0.2, 0.25) is 0 Å². The van der Waals surface area contributed by atoms with Gasteiger partial charge in [-0.3, -0.25) is 10.1 Å². The lowest BCUT2D eigenvalue weighted by molar-refractivity contribution is -0.117. The first-order valence-electron chi connectivity index (χ1n) is 5.98. The predicted octanol–water partition coefficient (Wildman–Crippen LogP) is 2.36. The number of rotatable bonds is 2. The van der Waals surface area contributed by atoms with Crippen molar-refractivity contribution >= 4 is 23.5 Å². The predicted molar refractivity (Wildman–Crippen MR) is 68.1 cm³/mol. The van der Waals surface area contributed by atoms with Crippen LogP contribution < -0.4 is 5.32 Å². The number of nitrogens with zero attached hydrogens (tertiary/aromatic N) is 1. The van der Waals surface area contributed by atoms with E-state index in [1.807, 2.05) is 0 Å². The van der Waals surface area contributed by atoms with Crippen molar-refractivity contribution in [1.29, 1.82) is 0 Å². The lowest BCUT2D eigenvalue weighted by Gasteiger charge is -2.38. The van der Waals surface area contributed by atoms with E-state index < -0.39 is 5.91 Å². The van der Waals surface area contributed by atoms with Crippen molar-refractivity contribution < 1.29 is 9.59 Å². The van der Waals surface area contributed by atoms with E-state index in [0.29, 0.717) is 5.41 Å². The lowest BCUT2D eigenvalue weighted by atomic mass is 9.75. The van der Waals surface area contributed by atoms with E-state index in [4.69, 9.17) is 11.6 Å². The number of hydrogen-bond donors (Lipinski definition) is 1. The number of amides is 3. The van der Waals surface area contributed by atoms with Crippen LogP contribution in [0.1, 0.15) is 39.5 Å². The van der Waals surface area contributed by atoms with Gasteiger partial charge in [-0.05, 0) is 31.1 Å². The van der Waals surface area contributed by atoms with Gasteiger partial charge in [0.15, 0.2) is 0 Å². The summed E-state index contributed by atoms with van der Waals surface area (Å²) in [6.07, 6.45) is 4.20. The molecule has 0 heterocycles. The van der Waals surface area contributed by atoms with Crippen LogP contribution in [0.25, 0.3) is 0 Å². The Bertz CT molecular complexity index is 295. The summed E-state index contributed by atoms with van der Waals surface area (Å²) < 4.78 is 0. The maximum Gasteiger partial charge on any atom is 0.324 e. The number of nitrogens with one attached hydrogen (secondary N) is 1. The second kappa shape index (κ2) is 5.71. The molecule has 1 N–H and O–H groups in total. The van der Waals surface area contributed by atoms with E-state index in [2.05, 4.69) is 19.2 Å². The average molecular weight is 261 g/mol. The number of halogens is 1. The molecular weight excluding hydrogens is 240 g/mol. The maximum atomic E-state index is 11.7. The summed E-state index contributed by atoms with van der Waals surface area (Å²) in [4.78, 5) is 24.4. The third-order valence-corrected chi connectivity index (χ3v) is 3.79. The topological polar surface area (TPSA) is 49.4 Å². The van der Waals surface area contributed by atoms with Crippen LogP contribution in [0.4, 0.5) is 4.79 Å². The first-order valence-corrected chi connectivity index (χ1v) is 6.52. The molecule has 0 radical (unpaired) electrons. The third kappa shape index (κ3) is 4.19. The van der Waals surface area contributed by atoms with Gasteiger partial charge in [-0.25, -0.2) is 4.79 Å². The van der Waals surface area contributed by atoms with Gasteiger partial charge in [-0.1, -0.05) is 13.8 Å². The molecule has 1 fully saturated rings. The minimum absolute atomic E-state index is 0.183. The van der Waals surface area contributed by atoms with Gasteiger partial charge in [0, 0.05) is 13.1 Å². The Labute approximate surface area is 108 Å². The van der Waals surface area contributed by atoms with Crippen molar-refractivity contribution in [2.24, 2.45) is 5.41 Å². The second-order valence-electron chi connectivity index (χ2n) is 5.49. The third-order valence-electron chi connectivity index (χ3n) is 3.54. The number of alkyl halides is 1. The normalized spacial score (nSPS) is 19.8. The molecule has 5 heteroatoms. The summed E-state index contributed by atoms with van der Waals surface area (Å²) in [6, 6.07) is -0.119. The number of carbonyl (C=O) groups is 2. The highest BCUT2D eigenvalue weighted by Gasteiger charge is 2.30. The van der Waals surface area contributed by atoms with Gasteiger partial charge < -0.3 is 4.90 Å². The highest BCUT2D eigenvalue weighted by molar-refractivity contribution is 6.28. The molecule has 98 valence electrons. The Hall–Kier alpha value is -0.770. The van der Waals surface area contributed by atoms with Crippen LogP contribution in [0.5, 0.6) is 0 Å². The van der Waals surface area contributed by atoms with E-state index in [1.165, 1.54) is 0 Å². The molecule has 0 aromatic rings. The van der Waals surface area contributed by atoms with Crippen LogP contribution in [0.15, 0.2) is 0 Å². The number of urea groups is 1. The summed E-state index contributed by atoms with van der Waals surface area (Å²) in [6.45, 7) is 4.50. The molecule has 0 spiro atoms. The minimum atomic E-state index is -0.445. The molecule has 1 rings (SSSR count). The second-order valence-corrected chi connectivity index (χ2v) is 5.76.